The van der Waals surface area contributed by atoms with Crippen molar-refractivity contribution in [3.05, 3.63) is 74.1 Å². The standard InChI is InChI=1S/C14H10FN3O6/c15-10-3-6-12(13(7-10)18(22)23)16-14(19)24-8-9-1-4-11(5-2-9)17(20)21/h1-7H,8H2,(H,16,19). The third kappa shape index (κ3) is 4.22. The number of nitrogens with zero attached hydrogens (tertiary/aromatic N) is 2. The quantitative estimate of drug-likeness (QED) is 0.659. The topological polar surface area (TPSA) is 125 Å². The van der Waals surface area contributed by atoms with Crippen molar-refractivity contribution in [2.24, 2.45) is 0 Å². The van der Waals surface area contributed by atoms with Gasteiger partial charge >= 0.3 is 6.09 Å². The van der Waals surface area contributed by atoms with Crippen molar-refractivity contribution in [1.29, 1.82) is 0 Å². The third-order valence-electron chi connectivity index (χ3n) is 2.91. The fourth-order valence-corrected chi connectivity index (χ4v) is 1.77. The molecule has 0 fully saturated rings. The molecule has 0 aromatic heterocycles. The van der Waals surface area contributed by atoms with Crippen molar-refractivity contribution in [2.75, 3.05) is 5.32 Å². The maximum atomic E-state index is 13.0. The van der Waals surface area contributed by atoms with Crippen molar-refractivity contribution in [3.8, 4) is 0 Å². The lowest BCUT2D eigenvalue weighted by Gasteiger charge is -2.07. The molecule has 0 atom stereocenters. The zero-order valence-corrected chi connectivity index (χ0v) is 12.0. The van der Waals surface area contributed by atoms with Gasteiger partial charge in [-0.1, -0.05) is 0 Å². The van der Waals surface area contributed by atoms with Crippen molar-refractivity contribution >= 4 is 23.2 Å². The summed E-state index contributed by atoms with van der Waals surface area (Å²) in [5, 5.41) is 23.5. The van der Waals surface area contributed by atoms with Crippen LogP contribution in [0, 0.1) is 26.0 Å². The molecule has 0 aliphatic rings. The van der Waals surface area contributed by atoms with Crippen molar-refractivity contribution in [3.63, 3.8) is 0 Å². The molecular formula is C14H10FN3O6. The van der Waals surface area contributed by atoms with Gasteiger partial charge in [-0.25, -0.2) is 9.18 Å². The number of anilines is 1. The lowest BCUT2D eigenvalue weighted by molar-refractivity contribution is -0.384. The number of amides is 1. The number of hydrogen-bond acceptors (Lipinski definition) is 6. The molecule has 0 spiro atoms. The maximum absolute atomic E-state index is 13.0. The normalized spacial score (nSPS) is 10.0. The van der Waals surface area contributed by atoms with Crippen molar-refractivity contribution in [1.82, 2.24) is 0 Å². The monoisotopic (exact) mass is 335 g/mol. The molecule has 0 unspecified atom stereocenters. The molecule has 0 heterocycles. The van der Waals surface area contributed by atoms with Crippen LogP contribution in [0.3, 0.4) is 0 Å². The summed E-state index contributed by atoms with van der Waals surface area (Å²) >= 11 is 0. The second-order valence-corrected chi connectivity index (χ2v) is 4.54. The molecule has 1 amide bonds. The first-order chi connectivity index (χ1) is 11.4. The van der Waals surface area contributed by atoms with Crippen LogP contribution in [0.25, 0.3) is 0 Å². The molecule has 124 valence electrons. The minimum Gasteiger partial charge on any atom is -0.444 e. The van der Waals surface area contributed by atoms with E-state index in [-0.39, 0.29) is 18.0 Å². The van der Waals surface area contributed by atoms with Gasteiger partial charge in [-0.3, -0.25) is 25.5 Å². The Balaban J connectivity index is 1.99. The number of halogens is 1. The molecule has 2 aromatic rings. The smallest absolute Gasteiger partial charge is 0.412 e. The van der Waals surface area contributed by atoms with Crippen LogP contribution in [0.5, 0.6) is 0 Å². The van der Waals surface area contributed by atoms with Gasteiger partial charge in [0.25, 0.3) is 11.4 Å². The zero-order chi connectivity index (χ0) is 17.7. The first-order valence-corrected chi connectivity index (χ1v) is 6.48. The molecule has 2 rings (SSSR count). The van der Waals surface area contributed by atoms with E-state index in [4.69, 9.17) is 4.74 Å². The van der Waals surface area contributed by atoms with E-state index in [1.165, 1.54) is 24.3 Å². The number of ether oxygens (including phenoxy) is 1. The van der Waals surface area contributed by atoms with Gasteiger partial charge in [0.1, 0.15) is 18.1 Å². The second kappa shape index (κ2) is 7.13. The second-order valence-electron chi connectivity index (χ2n) is 4.54. The largest absolute Gasteiger partial charge is 0.444 e. The number of rotatable bonds is 5. The Kier molecular flexibility index (Phi) is 5.00. The van der Waals surface area contributed by atoms with E-state index in [1.54, 1.807) is 0 Å². The molecule has 0 aliphatic heterocycles. The van der Waals surface area contributed by atoms with E-state index in [0.717, 1.165) is 12.1 Å². The van der Waals surface area contributed by atoms with Gasteiger partial charge in [0.05, 0.1) is 15.9 Å². The molecule has 0 aliphatic carbocycles. The van der Waals surface area contributed by atoms with Gasteiger partial charge < -0.3 is 4.74 Å². The third-order valence-corrected chi connectivity index (χ3v) is 2.91. The molecular weight excluding hydrogens is 325 g/mol. The highest BCUT2D eigenvalue weighted by Gasteiger charge is 2.17. The van der Waals surface area contributed by atoms with E-state index in [0.29, 0.717) is 11.6 Å². The lowest BCUT2D eigenvalue weighted by Crippen LogP contribution is -2.14. The number of carbonyl (C=O) groups excluding carboxylic acids is 1. The summed E-state index contributed by atoms with van der Waals surface area (Å²) in [4.78, 5) is 31.6. The Hall–Kier alpha value is -3.56. The molecule has 0 saturated carbocycles. The highest BCUT2D eigenvalue weighted by atomic mass is 19.1. The van der Waals surface area contributed by atoms with Crippen LogP contribution >= 0.6 is 0 Å². The van der Waals surface area contributed by atoms with Crippen LogP contribution < -0.4 is 5.32 Å². The van der Waals surface area contributed by atoms with Gasteiger partial charge in [0, 0.05) is 12.1 Å². The van der Waals surface area contributed by atoms with Crippen LogP contribution in [-0.2, 0) is 11.3 Å². The molecule has 2 aromatic carbocycles. The Morgan fingerprint density at radius 2 is 1.75 bits per heavy atom. The van der Waals surface area contributed by atoms with Crippen LogP contribution in [0.4, 0.5) is 26.2 Å². The number of carbonyl (C=O) groups is 1. The molecule has 0 bridgehead atoms. The van der Waals surface area contributed by atoms with E-state index in [2.05, 4.69) is 5.32 Å². The summed E-state index contributed by atoms with van der Waals surface area (Å²) in [6.45, 7) is -0.196. The first-order valence-electron chi connectivity index (χ1n) is 6.48. The van der Waals surface area contributed by atoms with Crippen LogP contribution in [0.1, 0.15) is 5.56 Å². The van der Waals surface area contributed by atoms with Crippen molar-refractivity contribution in [2.45, 2.75) is 6.61 Å². The number of hydrogen-bond donors (Lipinski definition) is 1. The Labute approximate surface area is 134 Å². The first kappa shape index (κ1) is 16.8. The fraction of sp³-hybridized carbons (Fsp3) is 0.0714. The molecule has 9 nitrogen and oxygen atoms in total. The highest BCUT2D eigenvalue weighted by Crippen LogP contribution is 2.25. The minimum atomic E-state index is -0.983. The predicted molar refractivity (Wildman–Crippen MR) is 80.0 cm³/mol. The SMILES string of the molecule is O=C(Nc1ccc(F)cc1[N+](=O)[O-])OCc1ccc([N+](=O)[O-])cc1. The van der Waals surface area contributed by atoms with Gasteiger partial charge in [0.2, 0.25) is 0 Å². The summed E-state index contributed by atoms with van der Waals surface area (Å²) in [5.41, 5.74) is -0.438. The zero-order valence-electron chi connectivity index (χ0n) is 12.0. The number of nitrogens with one attached hydrogen (secondary N) is 1. The van der Waals surface area contributed by atoms with E-state index >= 15 is 0 Å². The number of nitro benzene ring substituents is 2. The fourth-order valence-electron chi connectivity index (χ4n) is 1.77. The van der Waals surface area contributed by atoms with Crippen LogP contribution in [-0.4, -0.2) is 15.9 Å². The van der Waals surface area contributed by atoms with Gasteiger partial charge in [-0.2, -0.15) is 0 Å². The van der Waals surface area contributed by atoms with Crippen LogP contribution in [0.15, 0.2) is 42.5 Å². The summed E-state index contributed by atoms with van der Waals surface area (Å²) in [7, 11) is 0. The number of benzene rings is 2. The number of non-ortho nitro benzene ring substituents is 1. The predicted octanol–water partition coefficient (Wildman–Crippen LogP) is 3.39. The summed E-state index contributed by atoms with van der Waals surface area (Å²) in [5.74, 6) is -0.813. The van der Waals surface area contributed by atoms with E-state index < -0.39 is 27.4 Å². The summed E-state index contributed by atoms with van der Waals surface area (Å²) < 4.78 is 17.9. The van der Waals surface area contributed by atoms with Gasteiger partial charge in [0.15, 0.2) is 0 Å². The lowest BCUT2D eigenvalue weighted by atomic mass is 10.2. The molecule has 0 radical (unpaired) electrons. The maximum Gasteiger partial charge on any atom is 0.412 e. The molecule has 10 heteroatoms. The summed E-state index contributed by atoms with van der Waals surface area (Å²) in [6, 6.07) is 7.99. The van der Waals surface area contributed by atoms with Gasteiger partial charge in [-0.15, -0.1) is 0 Å². The molecule has 1 N–H and O–H groups in total. The minimum absolute atomic E-state index is 0.106. The Morgan fingerprint density at radius 3 is 2.33 bits per heavy atom. The Bertz CT molecular complexity index is 794. The summed E-state index contributed by atoms with van der Waals surface area (Å²) in [6.07, 6.45) is -0.983. The van der Waals surface area contributed by atoms with Crippen molar-refractivity contribution < 1.29 is 23.8 Å². The average Bonchev–Trinajstić information content (AvgIpc) is 2.54. The van der Waals surface area contributed by atoms with Gasteiger partial charge in [-0.05, 0) is 29.8 Å². The average molecular weight is 335 g/mol. The molecule has 0 saturated heterocycles. The number of nitro groups is 2. The highest BCUT2D eigenvalue weighted by molar-refractivity contribution is 5.87. The van der Waals surface area contributed by atoms with E-state index in [9.17, 15) is 29.4 Å². The van der Waals surface area contributed by atoms with E-state index in [1.807, 2.05) is 0 Å². The molecule has 24 heavy (non-hydrogen) atoms. The Morgan fingerprint density at radius 1 is 1.08 bits per heavy atom. The van der Waals surface area contributed by atoms with Crippen LogP contribution in [0.2, 0.25) is 0 Å².